The van der Waals surface area contributed by atoms with Crippen molar-refractivity contribution in [3.8, 4) is 0 Å². The van der Waals surface area contributed by atoms with Crippen molar-refractivity contribution in [1.82, 2.24) is 19.3 Å². The van der Waals surface area contributed by atoms with E-state index in [9.17, 15) is 0 Å². The molecule has 2 aromatic heterocycles. The number of hydrogen-bond acceptors (Lipinski definition) is 2. The van der Waals surface area contributed by atoms with Gasteiger partial charge in [-0.1, -0.05) is 0 Å². The standard InChI is InChI=1S/C12H18N4S/c1-4-15-10-9(8(2)14-15)13-11(17)16(10)12(3)6-5-7-12/h4-7H2,1-3H3,(H,13,17). The number of nitrogens with one attached hydrogen (secondary N) is 1. The Morgan fingerprint density at radius 3 is 2.71 bits per heavy atom. The van der Waals surface area contributed by atoms with E-state index in [1.807, 2.05) is 6.92 Å². The molecule has 0 radical (unpaired) electrons. The van der Waals surface area contributed by atoms with E-state index in [1.54, 1.807) is 0 Å². The van der Waals surface area contributed by atoms with E-state index < -0.39 is 0 Å². The van der Waals surface area contributed by atoms with Crippen molar-refractivity contribution in [2.24, 2.45) is 0 Å². The Balaban J connectivity index is 2.36. The van der Waals surface area contributed by atoms with Crippen molar-refractivity contribution in [2.75, 3.05) is 0 Å². The summed E-state index contributed by atoms with van der Waals surface area (Å²) in [7, 11) is 0. The molecule has 2 heterocycles. The van der Waals surface area contributed by atoms with Crippen LogP contribution in [0.15, 0.2) is 0 Å². The number of aromatic amines is 1. The van der Waals surface area contributed by atoms with Crippen LogP contribution >= 0.6 is 12.2 Å². The van der Waals surface area contributed by atoms with E-state index in [0.29, 0.717) is 0 Å². The molecule has 2 aromatic rings. The SMILES string of the molecule is CCn1nc(C)c2[nH]c(=S)n(C3(C)CCC3)c21. The van der Waals surface area contributed by atoms with E-state index in [2.05, 4.69) is 33.2 Å². The van der Waals surface area contributed by atoms with Crippen LogP contribution in [0, 0.1) is 11.7 Å². The topological polar surface area (TPSA) is 38.5 Å². The number of hydrogen-bond donors (Lipinski definition) is 1. The smallest absolute Gasteiger partial charge is 0.179 e. The molecule has 0 unspecified atom stereocenters. The van der Waals surface area contributed by atoms with Crippen molar-refractivity contribution in [3.63, 3.8) is 0 Å². The van der Waals surface area contributed by atoms with Gasteiger partial charge < -0.3 is 4.98 Å². The lowest BCUT2D eigenvalue weighted by molar-refractivity contribution is 0.170. The maximum atomic E-state index is 5.49. The summed E-state index contributed by atoms with van der Waals surface area (Å²) in [6.45, 7) is 7.33. The van der Waals surface area contributed by atoms with Crippen LogP contribution in [0.4, 0.5) is 0 Å². The number of fused-ring (bicyclic) bond motifs is 1. The first-order valence-corrected chi connectivity index (χ1v) is 6.66. The second kappa shape index (κ2) is 3.45. The average molecular weight is 250 g/mol. The Labute approximate surface area is 106 Å². The molecule has 0 saturated heterocycles. The van der Waals surface area contributed by atoms with Gasteiger partial charge in [-0.05, 0) is 52.3 Å². The molecule has 92 valence electrons. The van der Waals surface area contributed by atoms with E-state index in [0.717, 1.165) is 28.2 Å². The van der Waals surface area contributed by atoms with Crippen LogP contribution in [0.1, 0.15) is 38.8 Å². The minimum absolute atomic E-state index is 0.189. The Hall–Kier alpha value is -1.10. The molecule has 0 aliphatic heterocycles. The van der Waals surface area contributed by atoms with Gasteiger partial charge in [0.2, 0.25) is 0 Å². The highest BCUT2D eigenvalue weighted by Crippen LogP contribution is 2.41. The Bertz CT molecular complexity index is 627. The van der Waals surface area contributed by atoms with Gasteiger partial charge in [0, 0.05) is 12.1 Å². The molecular weight excluding hydrogens is 232 g/mol. The Kier molecular flexibility index (Phi) is 2.23. The highest BCUT2D eigenvalue weighted by Gasteiger charge is 2.36. The number of imidazole rings is 1. The van der Waals surface area contributed by atoms with Crippen LogP contribution in [0.5, 0.6) is 0 Å². The normalized spacial score (nSPS) is 18.5. The van der Waals surface area contributed by atoms with E-state index in [4.69, 9.17) is 12.2 Å². The summed E-state index contributed by atoms with van der Waals surface area (Å²) in [5, 5.41) is 4.56. The van der Waals surface area contributed by atoms with Crippen LogP contribution in [0.3, 0.4) is 0 Å². The van der Waals surface area contributed by atoms with Crippen LogP contribution in [0.2, 0.25) is 0 Å². The van der Waals surface area contributed by atoms with Gasteiger partial charge in [-0.15, -0.1) is 0 Å². The summed E-state index contributed by atoms with van der Waals surface area (Å²) in [5.41, 5.74) is 3.49. The summed E-state index contributed by atoms with van der Waals surface area (Å²) in [6, 6.07) is 0. The molecule has 5 heteroatoms. The van der Waals surface area contributed by atoms with E-state index >= 15 is 0 Å². The second-order valence-corrected chi connectivity index (χ2v) is 5.60. The second-order valence-electron chi connectivity index (χ2n) is 5.22. The summed E-state index contributed by atoms with van der Waals surface area (Å²) in [4.78, 5) is 3.32. The monoisotopic (exact) mass is 250 g/mol. The van der Waals surface area contributed by atoms with Gasteiger partial charge in [0.15, 0.2) is 10.4 Å². The first-order chi connectivity index (χ1) is 8.07. The third kappa shape index (κ3) is 1.35. The van der Waals surface area contributed by atoms with Gasteiger partial charge >= 0.3 is 0 Å². The van der Waals surface area contributed by atoms with Crippen LogP contribution < -0.4 is 0 Å². The zero-order valence-electron chi connectivity index (χ0n) is 10.6. The van der Waals surface area contributed by atoms with Crippen molar-refractivity contribution < 1.29 is 0 Å². The molecule has 0 aromatic carbocycles. The highest BCUT2D eigenvalue weighted by molar-refractivity contribution is 7.71. The molecule has 0 amide bonds. The first-order valence-electron chi connectivity index (χ1n) is 6.25. The molecule has 0 atom stereocenters. The van der Waals surface area contributed by atoms with Crippen LogP contribution in [-0.2, 0) is 12.1 Å². The van der Waals surface area contributed by atoms with Crippen molar-refractivity contribution in [3.05, 3.63) is 10.5 Å². The maximum Gasteiger partial charge on any atom is 0.179 e. The zero-order valence-corrected chi connectivity index (χ0v) is 11.4. The summed E-state index contributed by atoms with van der Waals surface area (Å²) in [6.07, 6.45) is 3.72. The lowest BCUT2D eigenvalue weighted by atomic mass is 9.78. The molecule has 1 aliphatic carbocycles. The fourth-order valence-electron chi connectivity index (χ4n) is 2.84. The number of rotatable bonds is 2. The Morgan fingerprint density at radius 2 is 2.18 bits per heavy atom. The fraction of sp³-hybridized carbons (Fsp3) is 0.667. The summed E-state index contributed by atoms with van der Waals surface area (Å²) >= 11 is 5.49. The summed E-state index contributed by atoms with van der Waals surface area (Å²) < 4.78 is 5.18. The molecule has 1 N–H and O–H groups in total. The van der Waals surface area contributed by atoms with Gasteiger partial charge in [0.25, 0.3) is 0 Å². The highest BCUT2D eigenvalue weighted by atomic mass is 32.1. The van der Waals surface area contributed by atoms with Crippen LogP contribution in [0.25, 0.3) is 11.2 Å². The Morgan fingerprint density at radius 1 is 1.47 bits per heavy atom. The minimum atomic E-state index is 0.189. The number of aromatic nitrogens is 4. The van der Waals surface area contributed by atoms with Crippen molar-refractivity contribution >= 4 is 23.4 Å². The first kappa shape index (κ1) is 11.0. The minimum Gasteiger partial charge on any atom is -0.328 e. The number of nitrogens with zero attached hydrogens (tertiary/aromatic N) is 3. The lowest BCUT2D eigenvalue weighted by Gasteiger charge is -2.40. The molecule has 0 bridgehead atoms. The molecule has 3 rings (SSSR count). The average Bonchev–Trinajstić information content (AvgIpc) is 2.73. The number of aryl methyl sites for hydroxylation is 2. The third-order valence-electron chi connectivity index (χ3n) is 4.02. The molecule has 1 fully saturated rings. The number of H-pyrrole nitrogens is 1. The fourth-order valence-corrected chi connectivity index (χ4v) is 3.24. The van der Waals surface area contributed by atoms with Crippen LogP contribution in [-0.4, -0.2) is 19.3 Å². The van der Waals surface area contributed by atoms with Gasteiger partial charge in [-0.3, -0.25) is 4.57 Å². The summed E-state index contributed by atoms with van der Waals surface area (Å²) in [5.74, 6) is 0. The molecule has 1 saturated carbocycles. The molecule has 4 nitrogen and oxygen atoms in total. The van der Waals surface area contributed by atoms with E-state index in [1.165, 1.54) is 19.3 Å². The van der Waals surface area contributed by atoms with Gasteiger partial charge in [-0.2, -0.15) is 5.10 Å². The van der Waals surface area contributed by atoms with E-state index in [-0.39, 0.29) is 5.54 Å². The van der Waals surface area contributed by atoms with Crippen molar-refractivity contribution in [2.45, 2.75) is 52.1 Å². The molecule has 17 heavy (non-hydrogen) atoms. The molecule has 0 spiro atoms. The predicted molar refractivity (Wildman–Crippen MR) is 70.8 cm³/mol. The predicted octanol–water partition coefficient (Wildman–Crippen LogP) is 3.12. The molecule has 1 aliphatic rings. The van der Waals surface area contributed by atoms with Crippen molar-refractivity contribution in [1.29, 1.82) is 0 Å². The largest absolute Gasteiger partial charge is 0.328 e. The molecular formula is C12H18N4S. The van der Waals surface area contributed by atoms with Gasteiger partial charge in [0.05, 0.1) is 5.69 Å². The third-order valence-corrected chi connectivity index (χ3v) is 4.30. The lowest BCUT2D eigenvalue weighted by Crippen LogP contribution is -2.37. The quantitative estimate of drug-likeness (QED) is 0.832. The maximum absolute atomic E-state index is 5.49. The zero-order chi connectivity index (χ0) is 12.2. The van der Waals surface area contributed by atoms with Gasteiger partial charge in [0.1, 0.15) is 5.52 Å². The van der Waals surface area contributed by atoms with Gasteiger partial charge in [-0.25, -0.2) is 4.68 Å².